The van der Waals surface area contributed by atoms with Gasteiger partial charge in [-0.2, -0.15) is 0 Å². The number of benzene rings is 2. The second-order valence-electron chi connectivity index (χ2n) is 7.80. The normalized spacial score (nSPS) is 23.1. The van der Waals surface area contributed by atoms with Crippen molar-refractivity contribution in [3.8, 4) is 0 Å². The summed E-state index contributed by atoms with van der Waals surface area (Å²) in [4.78, 5) is 40.4. The van der Waals surface area contributed by atoms with Gasteiger partial charge in [0.1, 0.15) is 6.04 Å². The largest absolute Gasteiger partial charge is 0.349 e. The Hall–Kier alpha value is -3.35. The molecule has 7 heteroatoms. The lowest BCUT2D eigenvalue weighted by Gasteiger charge is -2.47. The van der Waals surface area contributed by atoms with E-state index in [1.54, 1.807) is 29.2 Å². The van der Waals surface area contributed by atoms with Crippen LogP contribution in [0.15, 0.2) is 60.7 Å². The Morgan fingerprint density at radius 1 is 0.900 bits per heavy atom. The number of carbonyl (C=O) groups is 3. The van der Waals surface area contributed by atoms with Crippen LogP contribution in [0.25, 0.3) is 0 Å². The molecule has 2 fully saturated rings. The van der Waals surface area contributed by atoms with Crippen molar-refractivity contribution >= 4 is 29.2 Å². The molecule has 1 aliphatic heterocycles. The summed E-state index contributed by atoms with van der Waals surface area (Å²) < 4.78 is 0. The van der Waals surface area contributed by atoms with E-state index in [0.29, 0.717) is 11.4 Å². The first kappa shape index (κ1) is 19.9. The van der Waals surface area contributed by atoms with Crippen LogP contribution in [0.3, 0.4) is 0 Å². The van der Waals surface area contributed by atoms with Crippen molar-refractivity contribution in [2.45, 2.75) is 50.2 Å². The zero-order valence-corrected chi connectivity index (χ0v) is 16.7. The predicted octanol–water partition coefficient (Wildman–Crippen LogP) is 3.36. The van der Waals surface area contributed by atoms with Gasteiger partial charge in [-0.15, -0.1) is 0 Å². The van der Waals surface area contributed by atoms with Gasteiger partial charge in [0.05, 0.1) is 12.5 Å². The molecule has 1 saturated heterocycles. The SMILES string of the molecule is O=C(C[C@H]1C(=O)N[C@H]2CCCC[C@H]2N1C(=O)Nc1ccccc1)Nc1ccccc1. The Bertz CT molecular complexity index is 903. The molecular weight excluding hydrogens is 380 g/mol. The molecule has 0 spiro atoms. The van der Waals surface area contributed by atoms with E-state index in [1.807, 2.05) is 36.4 Å². The molecule has 1 aliphatic carbocycles. The number of hydrogen-bond acceptors (Lipinski definition) is 3. The van der Waals surface area contributed by atoms with Gasteiger partial charge in [0, 0.05) is 17.4 Å². The molecule has 2 aromatic carbocycles. The fraction of sp³-hybridized carbons (Fsp3) is 0.348. The lowest BCUT2D eigenvalue weighted by molar-refractivity contribution is -0.135. The molecule has 1 heterocycles. The molecule has 0 aromatic heterocycles. The molecule has 7 nitrogen and oxygen atoms in total. The molecule has 2 aromatic rings. The van der Waals surface area contributed by atoms with Crippen LogP contribution in [0, 0.1) is 0 Å². The zero-order chi connectivity index (χ0) is 20.9. The van der Waals surface area contributed by atoms with Gasteiger partial charge in [-0.3, -0.25) is 9.59 Å². The minimum absolute atomic E-state index is 0.0683. The van der Waals surface area contributed by atoms with Crippen molar-refractivity contribution < 1.29 is 14.4 Å². The number of urea groups is 1. The van der Waals surface area contributed by atoms with Crippen molar-refractivity contribution in [2.24, 2.45) is 0 Å². The highest BCUT2D eigenvalue weighted by Crippen LogP contribution is 2.30. The number of para-hydroxylation sites is 2. The maximum Gasteiger partial charge on any atom is 0.322 e. The number of nitrogens with one attached hydrogen (secondary N) is 3. The van der Waals surface area contributed by atoms with Crippen LogP contribution < -0.4 is 16.0 Å². The third-order valence-electron chi connectivity index (χ3n) is 5.75. The summed E-state index contributed by atoms with van der Waals surface area (Å²) in [6.07, 6.45) is 3.58. The molecule has 3 N–H and O–H groups in total. The Morgan fingerprint density at radius 2 is 1.50 bits per heavy atom. The number of nitrogens with zero attached hydrogens (tertiary/aromatic N) is 1. The first-order valence-electron chi connectivity index (χ1n) is 10.4. The van der Waals surface area contributed by atoms with Crippen LogP contribution in [0.4, 0.5) is 16.2 Å². The highest BCUT2D eigenvalue weighted by molar-refractivity contribution is 5.99. The van der Waals surface area contributed by atoms with Crippen LogP contribution in [-0.2, 0) is 9.59 Å². The summed E-state index contributed by atoms with van der Waals surface area (Å²) in [5.41, 5.74) is 1.32. The molecule has 3 atom stereocenters. The minimum atomic E-state index is -0.850. The van der Waals surface area contributed by atoms with Gasteiger partial charge >= 0.3 is 6.03 Å². The highest BCUT2D eigenvalue weighted by atomic mass is 16.2. The van der Waals surface area contributed by atoms with E-state index in [0.717, 1.165) is 25.7 Å². The zero-order valence-electron chi connectivity index (χ0n) is 16.7. The first-order chi connectivity index (χ1) is 14.6. The number of carbonyl (C=O) groups excluding carboxylic acids is 3. The average molecular weight is 406 g/mol. The number of piperazine rings is 1. The number of hydrogen-bond donors (Lipinski definition) is 3. The van der Waals surface area contributed by atoms with Gasteiger partial charge in [0.15, 0.2) is 0 Å². The Labute approximate surface area is 175 Å². The van der Waals surface area contributed by atoms with Crippen LogP contribution in [0.5, 0.6) is 0 Å². The second kappa shape index (κ2) is 8.98. The average Bonchev–Trinajstić information content (AvgIpc) is 2.75. The number of fused-ring (bicyclic) bond motifs is 1. The molecular formula is C23H26N4O3. The van der Waals surface area contributed by atoms with Gasteiger partial charge in [-0.1, -0.05) is 49.2 Å². The molecule has 0 unspecified atom stereocenters. The van der Waals surface area contributed by atoms with Crippen molar-refractivity contribution in [1.82, 2.24) is 10.2 Å². The first-order valence-corrected chi connectivity index (χ1v) is 10.4. The fourth-order valence-corrected chi connectivity index (χ4v) is 4.35. The molecule has 4 amide bonds. The van der Waals surface area contributed by atoms with Crippen molar-refractivity contribution in [3.63, 3.8) is 0 Å². The van der Waals surface area contributed by atoms with Gasteiger partial charge in [0.25, 0.3) is 0 Å². The third kappa shape index (κ3) is 4.45. The highest BCUT2D eigenvalue weighted by Gasteiger charge is 2.46. The molecule has 0 bridgehead atoms. The monoisotopic (exact) mass is 406 g/mol. The Kier molecular flexibility index (Phi) is 5.97. The Morgan fingerprint density at radius 3 is 2.17 bits per heavy atom. The van der Waals surface area contributed by atoms with Gasteiger partial charge in [-0.05, 0) is 37.1 Å². The van der Waals surface area contributed by atoms with E-state index in [1.165, 1.54) is 0 Å². The molecule has 156 valence electrons. The standard InChI is InChI=1S/C23H26N4O3/c28-21(24-16-9-3-1-4-10-16)15-20-22(29)26-18-13-7-8-14-19(18)27(20)23(30)25-17-11-5-2-6-12-17/h1-6,9-12,18-20H,7-8,13-15H2,(H,24,28)(H,25,30)(H,26,29)/t18-,19+,20-/m0/s1. The molecule has 30 heavy (non-hydrogen) atoms. The summed E-state index contributed by atoms with van der Waals surface area (Å²) in [5, 5.41) is 8.75. The molecule has 0 radical (unpaired) electrons. The summed E-state index contributed by atoms with van der Waals surface area (Å²) in [5.74, 6) is -0.572. The minimum Gasteiger partial charge on any atom is -0.349 e. The van der Waals surface area contributed by atoms with Crippen molar-refractivity contribution in [2.75, 3.05) is 10.6 Å². The predicted molar refractivity (Wildman–Crippen MR) is 115 cm³/mol. The number of amides is 4. The van der Waals surface area contributed by atoms with Gasteiger partial charge < -0.3 is 20.9 Å². The van der Waals surface area contributed by atoms with Gasteiger partial charge in [-0.25, -0.2) is 4.79 Å². The van der Waals surface area contributed by atoms with E-state index < -0.39 is 6.04 Å². The lowest BCUT2D eigenvalue weighted by Crippen LogP contribution is -2.68. The van der Waals surface area contributed by atoms with Crippen LogP contribution in [0.1, 0.15) is 32.1 Å². The summed E-state index contributed by atoms with van der Waals surface area (Å²) in [6.45, 7) is 0. The van der Waals surface area contributed by atoms with E-state index in [-0.39, 0.29) is 36.3 Å². The third-order valence-corrected chi connectivity index (χ3v) is 5.75. The second-order valence-corrected chi connectivity index (χ2v) is 7.80. The smallest absolute Gasteiger partial charge is 0.322 e. The number of anilines is 2. The van der Waals surface area contributed by atoms with E-state index in [2.05, 4.69) is 16.0 Å². The maximum absolute atomic E-state index is 13.2. The number of rotatable bonds is 4. The van der Waals surface area contributed by atoms with Gasteiger partial charge in [0.2, 0.25) is 11.8 Å². The lowest BCUT2D eigenvalue weighted by atomic mass is 9.85. The van der Waals surface area contributed by atoms with E-state index >= 15 is 0 Å². The summed E-state index contributed by atoms with van der Waals surface area (Å²) >= 11 is 0. The summed E-state index contributed by atoms with van der Waals surface area (Å²) in [6, 6.07) is 16.9. The van der Waals surface area contributed by atoms with Crippen LogP contribution >= 0.6 is 0 Å². The maximum atomic E-state index is 13.2. The molecule has 4 rings (SSSR count). The molecule has 2 aliphatic rings. The topological polar surface area (TPSA) is 90.5 Å². The van der Waals surface area contributed by atoms with Crippen LogP contribution in [-0.4, -0.2) is 40.9 Å². The fourth-order valence-electron chi connectivity index (χ4n) is 4.35. The van der Waals surface area contributed by atoms with E-state index in [9.17, 15) is 14.4 Å². The quantitative estimate of drug-likeness (QED) is 0.727. The summed E-state index contributed by atoms with van der Waals surface area (Å²) in [7, 11) is 0. The Balaban J connectivity index is 1.54. The molecule has 1 saturated carbocycles. The van der Waals surface area contributed by atoms with Crippen molar-refractivity contribution in [1.29, 1.82) is 0 Å². The van der Waals surface area contributed by atoms with Crippen molar-refractivity contribution in [3.05, 3.63) is 60.7 Å². The van der Waals surface area contributed by atoms with Crippen LogP contribution in [0.2, 0.25) is 0 Å². The van der Waals surface area contributed by atoms with E-state index in [4.69, 9.17) is 0 Å².